The van der Waals surface area contributed by atoms with Crippen molar-refractivity contribution in [2.24, 2.45) is 11.8 Å². The fourth-order valence-corrected chi connectivity index (χ4v) is 5.64. The van der Waals surface area contributed by atoms with Gasteiger partial charge in [0.05, 0.1) is 123 Å². The van der Waals surface area contributed by atoms with Crippen LogP contribution in [0.2, 0.25) is 0 Å². The van der Waals surface area contributed by atoms with E-state index < -0.39 is 48.5 Å². The largest absolute Gasteiger partial charge is 0.396 e. The van der Waals surface area contributed by atoms with Crippen molar-refractivity contribution < 1.29 is 62.8 Å². The van der Waals surface area contributed by atoms with Crippen molar-refractivity contribution in [1.29, 1.82) is 0 Å². The van der Waals surface area contributed by atoms with Gasteiger partial charge in [0.1, 0.15) is 50.6 Å². The lowest BCUT2D eigenvalue weighted by Crippen LogP contribution is -2.55. The maximum atomic E-state index is 11.6. The van der Waals surface area contributed by atoms with E-state index in [0.717, 1.165) is 0 Å². The molecular formula is C32H74N4O9+4. The van der Waals surface area contributed by atoms with Crippen LogP contribution in [0.15, 0.2) is 0 Å². The molecule has 13 heteroatoms. The third-order valence-electron chi connectivity index (χ3n) is 7.27. The van der Waals surface area contributed by atoms with Gasteiger partial charge < -0.3 is 62.8 Å². The molecule has 0 aliphatic heterocycles. The van der Waals surface area contributed by atoms with E-state index in [2.05, 4.69) is 0 Å². The number of likely N-dealkylation sites (N-methyl/N-ethyl adjacent to an activating group) is 4. The van der Waals surface area contributed by atoms with Gasteiger partial charge in [-0.1, -0.05) is 0 Å². The molecule has 13 nitrogen and oxygen atoms in total. The second kappa shape index (κ2) is 20.1. The molecule has 0 rings (SSSR count). The molecule has 0 aromatic heterocycles. The highest BCUT2D eigenvalue weighted by molar-refractivity contribution is 4.85. The molecule has 0 spiro atoms. The third kappa shape index (κ3) is 22.6. The second-order valence-electron chi connectivity index (χ2n) is 17.0. The molecule has 0 bridgehead atoms. The molecule has 0 amide bonds. The summed E-state index contributed by atoms with van der Waals surface area (Å²) in [6.07, 6.45) is -4.42. The summed E-state index contributed by atoms with van der Waals surface area (Å²) in [4.78, 5) is 0. The Morgan fingerprint density at radius 2 is 0.733 bits per heavy atom. The van der Waals surface area contributed by atoms with Crippen molar-refractivity contribution in [3.8, 4) is 0 Å². The van der Waals surface area contributed by atoms with E-state index >= 15 is 0 Å². The van der Waals surface area contributed by atoms with Crippen LogP contribution in [-0.4, -0.2) is 236 Å². The van der Waals surface area contributed by atoms with E-state index in [1.807, 2.05) is 84.6 Å². The van der Waals surface area contributed by atoms with Gasteiger partial charge in [0.2, 0.25) is 0 Å². The number of quaternary nitrogens is 4. The minimum atomic E-state index is -0.970. The molecule has 0 aromatic carbocycles. The lowest BCUT2D eigenvalue weighted by atomic mass is 9.91. The van der Waals surface area contributed by atoms with Crippen LogP contribution in [0.25, 0.3) is 0 Å². The summed E-state index contributed by atoms with van der Waals surface area (Å²) < 4.78 is 20.7. The first kappa shape index (κ1) is 44.5. The quantitative estimate of drug-likeness (QED) is 0.0583. The van der Waals surface area contributed by atoms with Crippen molar-refractivity contribution in [2.45, 2.75) is 49.5 Å². The van der Waals surface area contributed by atoms with E-state index in [1.165, 1.54) is 0 Å². The smallest absolute Gasteiger partial charge is 0.129 e. The summed E-state index contributed by atoms with van der Waals surface area (Å²) in [6, 6.07) is 0. The van der Waals surface area contributed by atoms with Gasteiger partial charge in [-0.05, 0) is 12.8 Å². The topological polar surface area (TPSA) is 149 Å². The van der Waals surface area contributed by atoms with E-state index in [4.69, 9.17) is 14.2 Å². The summed E-state index contributed by atoms with van der Waals surface area (Å²) in [7, 11) is 23.7. The summed E-state index contributed by atoms with van der Waals surface area (Å²) in [5.74, 6) is -0.900. The predicted molar refractivity (Wildman–Crippen MR) is 176 cm³/mol. The molecule has 6 N–H and O–H groups in total. The molecule has 0 fully saturated rings. The molecule has 0 saturated carbocycles. The Balaban J connectivity index is 6.32. The summed E-state index contributed by atoms with van der Waals surface area (Å²) in [6.45, 7) is 1.81. The van der Waals surface area contributed by atoms with E-state index in [9.17, 15) is 30.6 Å². The number of hydrogen-bond donors (Lipinski definition) is 6. The van der Waals surface area contributed by atoms with Crippen LogP contribution in [0, 0.1) is 11.8 Å². The number of ether oxygens (including phenoxy) is 3. The Morgan fingerprint density at radius 1 is 0.444 bits per heavy atom. The van der Waals surface area contributed by atoms with Crippen LogP contribution >= 0.6 is 0 Å². The number of nitrogens with zero attached hydrogens (tertiary/aromatic N) is 4. The SMILES string of the molecule is C[N+](C)(C)CC(O)COCC(CCO)C(OC(C(O)C[N+](C)(C)C)C(CCO)COCC(O)C[N+](C)(C)C)C(O)C[N+](C)(C)C. The molecule has 272 valence electrons. The summed E-state index contributed by atoms with van der Waals surface area (Å²) in [5, 5.41) is 64.3. The van der Waals surface area contributed by atoms with Crippen LogP contribution in [0.5, 0.6) is 0 Å². The van der Waals surface area contributed by atoms with Crippen LogP contribution in [0.1, 0.15) is 12.8 Å². The Labute approximate surface area is 274 Å². The third-order valence-corrected chi connectivity index (χ3v) is 7.27. The zero-order chi connectivity index (χ0) is 35.2. The molecule has 0 aliphatic rings. The predicted octanol–water partition coefficient (Wildman–Crippen LogP) is -1.96. The van der Waals surface area contributed by atoms with Gasteiger partial charge >= 0.3 is 0 Å². The van der Waals surface area contributed by atoms with Gasteiger partial charge in [0.25, 0.3) is 0 Å². The molecule has 0 aromatic rings. The molecule has 45 heavy (non-hydrogen) atoms. The molecule has 8 atom stereocenters. The minimum absolute atomic E-state index is 0.0970. The zero-order valence-corrected chi connectivity index (χ0v) is 30.8. The highest BCUT2D eigenvalue weighted by atomic mass is 16.5. The fourth-order valence-electron chi connectivity index (χ4n) is 5.64. The van der Waals surface area contributed by atoms with Gasteiger partial charge in [-0.25, -0.2) is 0 Å². The average Bonchev–Trinajstić information content (AvgIpc) is 2.79. The normalized spacial score (nSPS) is 19.1. The number of rotatable bonds is 26. The fraction of sp³-hybridized carbons (Fsp3) is 1.00. The highest BCUT2D eigenvalue weighted by Gasteiger charge is 2.40. The Bertz CT molecular complexity index is 704. The number of hydrogen-bond acceptors (Lipinski definition) is 9. The van der Waals surface area contributed by atoms with E-state index in [1.54, 1.807) is 0 Å². The Hall–Kier alpha value is -0.520. The second-order valence-corrected chi connectivity index (χ2v) is 17.0. The monoisotopic (exact) mass is 659 g/mol. The maximum Gasteiger partial charge on any atom is 0.129 e. The molecular weight excluding hydrogens is 584 g/mol. The van der Waals surface area contributed by atoms with Crippen molar-refractivity contribution in [2.75, 3.05) is 150 Å². The Kier molecular flexibility index (Phi) is 19.9. The molecule has 8 unspecified atom stereocenters. The van der Waals surface area contributed by atoms with Gasteiger partial charge in [-0.3, -0.25) is 0 Å². The molecule has 0 heterocycles. The van der Waals surface area contributed by atoms with Crippen molar-refractivity contribution >= 4 is 0 Å². The highest BCUT2D eigenvalue weighted by Crippen LogP contribution is 2.27. The number of aliphatic hydroxyl groups is 6. The number of aliphatic hydroxyl groups excluding tert-OH is 6. The van der Waals surface area contributed by atoms with Crippen LogP contribution in [0.4, 0.5) is 0 Å². The van der Waals surface area contributed by atoms with Gasteiger partial charge in [-0.15, -0.1) is 0 Å². The molecule has 0 saturated heterocycles. The van der Waals surface area contributed by atoms with Gasteiger partial charge in [-0.2, -0.15) is 0 Å². The first-order chi connectivity index (χ1) is 20.4. The van der Waals surface area contributed by atoms with Crippen molar-refractivity contribution in [3.63, 3.8) is 0 Å². The van der Waals surface area contributed by atoms with Crippen molar-refractivity contribution in [3.05, 3.63) is 0 Å². The molecule has 0 aliphatic carbocycles. The van der Waals surface area contributed by atoms with Gasteiger partial charge in [0.15, 0.2) is 0 Å². The lowest BCUT2D eigenvalue weighted by Gasteiger charge is -2.41. The van der Waals surface area contributed by atoms with Crippen LogP contribution < -0.4 is 0 Å². The standard InChI is InChI=1S/C32H74N4O9/c1-33(2,3)17-27(39)23-43-21-25(13-15-37)31(29(41)19-35(7,8)9)45-32(30(42)20-36(10,11)12)26(14-16-38)22-44-24-28(40)18-34(4,5)6/h25-32,37-42H,13-24H2,1-12H3/q+4. The minimum Gasteiger partial charge on any atom is -0.396 e. The van der Waals surface area contributed by atoms with Gasteiger partial charge in [0, 0.05) is 25.0 Å². The molecule has 0 radical (unpaired) electrons. The first-order valence-electron chi connectivity index (χ1n) is 16.3. The summed E-state index contributed by atoms with van der Waals surface area (Å²) in [5.41, 5.74) is 0. The van der Waals surface area contributed by atoms with E-state index in [0.29, 0.717) is 44.1 Å². The lowest BCUT2D eigenvalue weighted by molar-refractivity contribution is -0.874. The summed E-state index contributed by atoms with van der Waals surface area (Å²) >= 11 is 0. The van der Waals surface area contributed by atoms with E-state index in [-0.39, 0.29) is 52.5 Å². The Morgan fingerprint density at radius 3 is 0.978 bits per heavy atom. The average molecular weight is 659 g/mol. The van der Waals surface area contributed by atoms with Crippen LogP contribution in [0.3, 0.4) is 0 Å². The maximum absolute atomic E-state index is 11.6. The van der Waals surface area contributed by atoms with Crippen LogP contribution in [-0.2, 0) is 14.2 Å². The first-order valence-corrected chi connectivity index (χ1v) is 16.3. The zero-order valence-electron chi connectivity index (χ0n) is 30.8. The van der Waals surface area contributed by atoms with Crippen molar-refractivity contribution in [1.82, 2.24) is 0 Å².